The number of imide groups is 1. The lowest BCUT2D eigenvalue weighted by Gasteiger charge is -2.30. The van der Waals surface area contributed by atoms with E-state index in [9.17, 15) is 14.4 Å². The van der Waals surface area contributed by atoms with E-state index in [-0.39, 0.29) is 18.2 Å². The van der Waals surface area contributed by atoms with Gasteiger partial charge in [-0.05, 0) is 37.0 Å². The monoisotopic (exact) mass is 375 g/mol. The highest BCUT2D eigenvalue weighted by Crippen LogP contribution is 2.33. The van der Waals surface area contributed by atoms with Crippen molar-refractivity contribution in [2.24, 2.45) is 0 Å². The summed E-state index contributed by atoms with van der Waals surface area (Å²) in [6.45, 7) is 0. The molecule has 8 nitrogen and oxygen atoms in total. The standard InChI is InChI=1S/C19H25N3O5/c1-26-14-8-6-13(12-15(14)27-2)7-9-16(23)21-22-17(24)19(20-18(22)25)10-4-3-5-11-19/h6,8,12H,3-5,7,9-11H2,1-2H3,(H,20,25)(H,21,23). The number of carbonyl (C=O) groups is 3. The van der Waals surface area contributed by atoms with Gasteiger partial charge in [0, 0.05) is 6.42 Å². The molecule has 27 heavy (non-hydrogen) atoms. The Kier molecular flexibility index (Phi) is 5.53. The van der Waals surface area contributed by atoms with Gasteiger partial charge in [0.25, 0.3) is 5.91 Å². The molecule has 2 aliphatic rings. The van der Waals surface area contributed by atoms with Crippen molar-refractivity contribution in [3.63, 3.8) is 0 Å². The maximum absolute atomic E-state index is 12.7. The van der Waals surface area contributed by atoms with E-state index in [1.807, 2.05) is 6.07 Å². The van der Waals surface area contributed by atoms with E-state index in [4.69, 9.17) is 9.47 Å². The number of benzene rings is 1. The molecule has 1 heterocycles. The van der Waals surface area contributed by atoms with Crippen LogP contribution in [0, 0.1) is 0 Å². The Balaban J connectivity index is 1.58. The third-order valence-electron chi connectivity index (χ3n) is 5.19. The molecule has 146 valence electrons. The van der Waals surface area contributed by atoms with Crippen LogP contribution < -0.4 is 20.2 Å². The van der Waals surface area contributed by atoms with Gasteiger partial charge in [0.15, 0.2) is 11.5 Å². The summed E-state index contributed by atoms with van der Waals surface area (Å²) >= 11 is 0. The van der Waals surface area contributed by atoms with Crippen molar-refractivity contribution < 1.29 is 23.9 Å². The highest BCUT2D eigenvalue weighted by molar-refractivity contribution is 6.08. The van der Waals surface area contributed by atoms with E-state index in [2.05, 4.69) is 10.7 Å². The number of ether oxygens (including phenoxy) is 2. The van der Waals surface area contributed by atoms with Crippen LogP contribution in [0.3, 0.4) is 0 Å². The zero-order valence-corrected chi connectivity index (χ0v) is 15.7. The number of methoxy groups -OCH3 is 2. The largest absolute Gasteiger partial charge is 0.493 e. The number of nitrogens with zero attached hydrogens (tertiary/aromatic N) is 1. The van der Waals surface area contributed by atoms with E-state index in [0.717, 1.165) is 29.8 Å². The average molecular weight is 375 g/mol. The first kappa shape index (κ1) is 19.0. The van der Waals surface area contributed by atoms with Crippen LogP contribution in [-0.4, -0.2) is 42.6 Å². The second kappa shape index (κ2) is 7.85. The Hall–Kier alpha value is -2.77. The number of amides is 4. The highest BCUT2D eigenvalue weighted by Gasteiger charge is 2.52. The third-order valence-corrected chi connectivity index (χ3v) is 5.19. The van der Waals surface area contributed by atoms with Gasteiger partial charge in [-0.1, -0.05) is 25.3 Å². The quantitative estimate of drug-likeness (QED) is 0.741. The van der Waals surface area contributed by atoms with Crippen molar-refractivity contribution in [1.29, 1.82) is 0 Å². The van der Waals surface area contributed by atoms with E-state index in [1.54, 1.807) is 26.4 Å². The van der Waals surface area contributed by atoms with E-state index in [0.29, 0.717) is 30.8 Å². The van der Waals surface area contributed by atoms with Crippen molar-refractivity contribution in [3.8, 4) is 11.5 Å². The molecular weight excluding hydrogens is 350 g/mol. The topological polar surface area (TPSA) is 97.0 Å². The first-order valence-electron chi connectivity index (χ1n) is 9.16. The molecule has 1 saturated carbocycles. The number of carbonyl (C=O) groups excluding carboxylic acids is 3. The van der Waals surface area contributed by atoms with Crippen LogP contribution in [0.15, 0.2) is 18.2 Å². The molecule has 0 aromatic heterocycles. The van der Waals surface area contributed by atoms with Gasteiger partial charge in [-0.25, -0.2) is 4.79 Å². The van der Waals surface area contributed by atoms with E-state index in [1.165, 1.54) is 0 Å². The second-order valence-electron chi connectivity index (χ2n) is 6.94. The molecule has 0 atom stereocenters. The van der Waals surface area contributed by atoms with Crippen LogP contribution in [-0.2, 0) is 16.0 Å². The zero-order chi connectivity index (χ0) is 19.4. The zero-order valence-electron chi connectivity index (χ0n) is 15.7. The van der Waals surface area contributed by atoms with Gasteiger partial charge in [0.2, 0.25) is 5.91 Å². The minimum absolute atomic E-state index is 0.138. The van der Waals surface area contributed by atoms with Crippen LogP contribution in [0.2, 0.25) is 0 Å². The second-order valence-corrected chi connectivity index (χ2v) is 6.94. The lowest BCUT2D eigenvalue weighted by Crippen LogP contribution is -2.51. The Morgan fingerprint density at radius 3 is 2.52 bits per heavy atom. The fraction of sp³-hybridized carbons (Fsp3) is 0.526. The van der Waals surface area contributed by atoms with Crippen LogP contribution >= 0.6 is 0 Å². The van der Waals surface area contributed by atoms with Crippen LogP contribution in [0.5, 0.6) is 11.5 Å². The summed E-state index contributed by atoms with van der Waals surface area (Å²) in [7, 11) is 3.11. The number of hydrogen-bond acceptors (Lipinski definition) is 5. The molecule has 4 amide bonds. The molecule has 1 aliphatic heterocycles. The van der Waals surface area contributed by atoms with Gasteiger partial charge >= 0.3 is 6.03 Å². The molecular formula is C19H25N3O5. The first-order chi connectivity index (χ1) is 13.0. The Morgan fingerprint density at radius 2 is 1.85 bits per heavy atom. The van der Waals surface area contributed by atoms with Crippen molar-refractivity contribution >= 4 is 17.8 Å². The van der Waals surface area contributed by atoms with Gasteiger partial charge in [-0.15, -0.1) is 0 Å². The predicted molar refractivity (Wildman–Crippen MR) is 97.2 cm³/mol. The minimum atomic E-state index is -0.841. The summed E-state index contributed by atoms with van der Waals surface area (Å²) in [5, 5.41) is 3.60. The molecule has 1 aliphatic carbocycles. The summed E-state index contributed by atoms with van der Waals surface area (Å²) in [5.74, 6) is 0.458. The summed E-state index contributed by atoms with van der Waals surface area (Å²) in [6.07, 6.45) is 4.68. The Labute approximate surface area is 158 Å². The van der Waals surface area contributed by atoms with E-state index < -0.39 is 11.6 Å². The van der Waals surface area contributed by atoms with Crippen molar-refractivity contribution in [2.75, 3.05) is 14.2 Å². The number of aryl methyl sites for hydroxylation is 1. The SMILES string of the molecule is COc1ccc(CCC(=O)NN2C(=O)NC3(CCCCC3)C2=O)cc1OC. The smallest absolute Gasteiger partial charge is 0.344 e. The normalized spacial score (nSPS) is 18.4. The Morgan fingerprint density at radius 1 is 1.15 bits per heavy atom. The average Bonchev–Trinajstić information content (AvgIpc) is 2.90. The first-order valence-corrected chi connectivity index (χ1v) is 9.16. The number of hydrazine groups is 1. The molecule has 2 N–H and O–H groups in total. The third kappa shape index (κ3) is 3.84. The molecule has 1 aromatic rings. The van der Waals surface area contributed by atoms with Gasteiger partial charge in [-0.2, -0.15) is 5.01 Å². The summed E-state index contributed by atoms with van der Waals surface area (Å²) in [6, 6.07) is 4.87. The van der Waals surface area contributed by atoms with Crippen LogP contribution in [0.1, 0.15) is 44.1 Å². The van der Waals surface area contributed by atoms with Gasteiger partial charge in [0.05, 0.1) is 14.2 Å². The minimum Gasteiger partial charge on any atom is -0.493 e. The van der Waals surface area contributed by atoms with Crippen molar-refractivity contribution in [3.05, 3.63) is 23.8 Å². The van der Waals surface area contributed by atoms with Gasteiger partial charge < -0.3 is 14.8 Å². The summed E-state index contributed by atoms with van der Waals surface area (Å²) in [4.78, 5) is 37.1. The highest BCUT2D eigenvalue weighted by atomic mass is 16.5. The van der Waals surface area contributed by atoms with E-state index >= 15 is 0 Å². The Bertz CT molecular complexity index is 743. The lowest BCUT2D eigenvalue weighted by atomic mass is 9.82. The van der Waals surface area contributed by atoms with Gasteiger partial charge in [-0.3, -0.25) is 15.0 Å². The van der Waals surface area contributed by atoms with Crippen LogP contribution in [0.4, 0.5) is 4.79 Å². The maximum atomic E-state index is 12.7. The maximum Gasteiger partial charge on any atom is 0.344 e. The molecule has 0 bridgehead atoms. The molecule has 1 saturated heterocycles. The molecule has 1 spiro atoms. The van der Waals surface area contributed by atoms with Crippen LogP contribution in [0.25, 0.3) is 0 Å². The summed E-state index contributed by atoms with van der Waals surface area (Å²) in [5.41, 5.74) is 2.50. The van der Waals surface area contributed by atoms with Crippen molar-refractivity contribution in [1.82, 2.24) is 15.8 Å². The number of hydrogen-bond donors (Lipinski definition) is 2. The summed E-state index contributed by atoms with van der Waals surface area (Å²) < 4.78 is 10.4. The predicted octanol–water partition coefficient (Wildman–Crippen LogP) is 1.92. The molecule has 2 fully saturated rings. The lowest BCUT2D eigenvalue weighted by molar-refractivity contribution is -0.139. The number of rotatable bonds is 6. The van der Waals surface area contributed by atoms with Gasteiger partial charge in [0.1, 0.15) is 5.54 Å². The fourth-order valence-electron chi connectivity index (χ4n) is 3.69. The molecule has 1 aromatic carbocycles. The molecule has 0 radical (unpaired) electrons. The molecule has 8 heteroatoms. The number of nitrogens with one attached hydrogen (secondary N) is 2. The fourth-order valence-corrected chi connectivity index (χ4v) is 3.69. The molecule has 0 unspecified atom stereocenters. The number of urea groups is 1. The molecule has 3 rings (SSSR count). The van der Waals surface area contributed by atoms with Crippen molar-refractivity contribution in [2.45, 2.75) is 50.5 Å².